The first-order valence-corrected chi connectivity index (χ1v) is 12.1. The van der Waals surface area contributed by atoms with Gasteiger partial charge in [0.1, 0.15) is 5.82 Å². The third-order valence-corrected chi connectivity index (χ3v) is 6.56. The zero-order valence-electron chi connectivity index (χ0n) is 19.9. The number of benzene rings is 2. The number of aromatic nitrogens is 3. The van der Waals surface area contributed by atoms with Crippen LogP contribution in [-0.2, 0) is 6.42 Å². The van der Waals surface area contributed by atoms with E-state index < -0.39 is 0 Å². The molecule has 2 aromatic carbocycles. The van der Waals surface area contributed by atoms with E-state index in [9.17, 15) is 4.79 Å². The number of amides is 1. The average Bonchev–Trinajstić information content (AvgIpc) is 2.91. The molecule has 1 fully saturated rings. The molecule has 176 valence electrons. The number of carbonyl (C=O) groups excluding carboxylic acids is 1. The lowest BCUT2D eigenvalue weighted by molar-refractivity contribution is 0.102. The highest BCUT2D eigenvalue weighted by molar-refractivity contribution is 6.04. The number of hydrogen-bond donors (Lipinski definition) is 2. The maximum Gasteiger partial charge on any atom is 0.255 e. The van der Waals surface area contributed by atoms with Crippen molar-refractivity contribution in [3.05, 3.63) is 107 Å². The largest absolute Gasteiger partial charge is 0.322 e. The SMILES string of the molecule is Cc1ccc(C(=O)Nc2ccc(C3CCCNC3)cc2)cc1Cc1nccc(-c2cccnc2)n1. The van der Waals surface area contributed by atoms with E-state index >= 15 is 0 Å². The highest BCUT2D eigenvalue weighted by Gasteiger charge is 2.15. The van der Waals surface area contributed by atoms with Crippen LogP contribution in [0.5, 0.6) is 0 Å². The highest BCUT2D eigenvalue weighted by Crippen LogP contribution is 2.25. The van der Waals surface area contributed by atoms with Crippen molar-refractivity contribution in [3.63, 3.8) is 0 Å². The van der Waals surface area contributed by atoms with Crippen LogP contribution in [0.1, 0.15) is 51.6 Å². The first-order valence-electron chi connectivity index (χ1n) is 12.1. The number of nitrogens with zero attached hydrogens (tertiary/aromatic N) is 3. The lowest BCUT2D eigenvalue weighted by Crippen LogP contribution is -2.28. The Kier molecular flexibility index (Phi) is 6.91. The predicted octanol–water partition coefficient (Wildman–Crippen LogP) is 5.16. The maximum atomic E-state index is 13.0. The van der Waals surface area contributed by atoms with E-state index in [0.717, 1.165) is 41.2 Å². The molecule has 0 spiro atoms. The smallest absolute Gasteiger partial charge is 0.255 e. The fourth-order valence-electron chi connectivity index (χ4n) is 4.51. The second-order valence-corrected chi connectivity index (χ2v) is 9.04. The summed E-state index contributed by atoms with van der Waals surface area (Å²) in [6.45, 7) is 4.17. The van der Waals surface area contributed by atoms with Gasteiger partial charge in [-0.15, -0.1) is 0 Å². The number of nitrogens with one attached hydrogen (secondary N) is 2. The summed E-state index contributed by atoms with van der Waals surface area (Å²) in [5.41, 5.74) is 6.66. The van der Waals surface area contributed by atoms with Crippen molar-refractivity contribution in [2.24, 2.45) is 0 Å². The number of aryl methyl sites for hydroxylation is 1. The Morgan fingerprint density at radius 2 is 1.97 bits per heavy atom. The molecule has 2 aromatic heterocycles. The van der Waals surface area contributed by atoms with Gasteiger partial charge in [0.2, 0.25) is 0 Å². The summed E-state index contributed by atoms with van der Waals surface area (Å²) in [6, 6.07) is 19.8. The van der Waals surface area contributed by atoms with Crippen LogP contribution >= 0.6 is 0 Å². The van der Waals surface area contributed by atoms with Gasteiger partial charge in [-0.3, -0.25) is 9.78 Å². The Morgan fingerprint density at radius 3 is 2.74 bits per heavy atom. The predicted molar refractivity (Wildman–Crippen MR) is 138 cm³/mol. The number of hydrogen-bond acceptors (Lipinski definition) is 5. The molecular formula is C29H29N5O. The van der Waals surface area contributed by atoms with Gasteiger partial charge >= 0.3 is 0 Å². The van der Waals surface area contributed by atoms with Crippen molar-refractivity contribution in [2.45, 2.75) is 32.1 Å². The van der Waals surface area contributed by atoms with Crippen LogP contribution in [0.2, 0.25) is 0 Å². The third-order valence-electron chi connectivity index (χ3n) is 6.56. The van der Waals surface area contributed by atoms with Gasteiger partial charge in [-0.2, -0.15) is 0 Å². The molecule has 1 atom stereocenters. The van der Waals surface area contributed by atoms with E-state index in [1.165, 1.54) is 18.4 Å². The van der Waals surface area contributed by atoms with E-state index in [-0.39, 0.29) is 5.91 Å². The quantitative estimate of drug-likeness (QED) is 0.413. The van der Waals surface area contributed by atoms with E-state index in [0.29, 0.717) is 23.7 Å². The van der Waals surface area contributed by atoms with Gasteiger partial charge in [0, 0.05) is 48.4 Å². The van der Waals surface area contributed by atoms with Crippen LogP contribution in [0.25, 0.3) is 11.3 Å². The topological polar surface area (TPSA) is 79.8 Å². The summed E-state index contributed by atoms with van der Waals surface area (Å²) < 4.78 is 0. The Hall–Kier alpha value is -3.90. The fourth-order valence-corrected chi connectivity index (χ4v) is 4.51. The zero-order chi connectivity index (χ0) is 24.0. The molecule has 35 heavy (non-hydrogen) atoms. The standard InChI is InChI=1S/C29H29N5O/c1-20-6-7-22(29(35)33-26-10-8-21(9-11-26)23-4-2-13-30-18-23)16-25(20)17-28-32-15-12-27(34-28)24-5-3-14-31-19-24/h3,5-12,14-16,19,23,30H,2,4,13,17-18H2,1H3,(H,33,35). The van der Waals surface area contributed by atoms with Crippen molar-refractivity contribution in [1.82, 2.24) is 20.3 Å². The van der Waals surface area contributed by atoms with Gasteiger partial charge in [0.15, 0.2) is 0 Å². The Balaban J connectivity index is 1.29. The number of anilines is 1. The van der Waals surface area contributed by atoms with E-state index in [1.54, 1.807) is 18.6 Å². The van der Waals surface area contributed by atoms with Crippen LogP contribution in [0.15, 0.2) is 79.3 Å². The summed E-state index contributed by atoms with van der Waals surface area (Å²) in [5, 5.41) is 6.50. The van der Waals surface area contributed by atoms with Crippen molar-refractivity contribution in [3.8, 4) is 11.3 Å². The average molecular weight is 464 g/mol. The maximum absolute atomic E-state index is 13.0. The molecule has 0 radical (unpaired) electrons. The van der Waals surface area contributed by atoms with E-state index in [4.69, 9.17) is 4.98 Å². The van der Waals surface area contributed by atoms with Crippen LogP contribution in [-0.4, -0.2) is 33.9 Å². The minimum absolute atomic E-state index is 0.122. The molecule has 0 bridgehead atoms. The van der Waals surface area contributed by atoms with Crippen molar-refractivity contribution < 1.29 is 4.79 Å². The lowest BCUT2D eigenvalue weighted by atomic mass is 9.91. The monoisotopic (exact) mass is 463 g/mol. The highest BCUT2D eigenvalue weighted by atomic mass is 16.1. The van der Waals surface area contributed by atoms with Gasteiger partial charge in [-0.1, -0.05) is 18.2 Å². The van der Waals surface area contributed by atoms with Crippen molar-refractivity contribution >= 4 is 11.6 Å². The van der Waals surface area contributed by atoms with Gasteiger partial charge in [0.05, 0.1) is 5.69 Å². The van der Waals surface area contributed by atoms with Crippen LogP contribution < -0.4 is 10.6 Å². The number of piperidine rings is 1. The summed E-state index contributed by atoms with van der Waals surface area (Å²) in [5.74, 6) is 1.13. The lowest BCUT2D eigenvalue weighted by Gasteiger charge is -2.23. The molecule has 1 aliphatic heterocycles. The molecule has 5 rings (SSSR count). The number of pyridine rings is 1. The van der Waals surface area contributed by atoms with Crippen LogP contribution in [0.3, 0.4) is 0 Å². The molecule has 0 aliphatic carbocycles. The molecule has 1 aliphatic rings. The molecule has 6 heteroatoms. The minimum atomic E-state index is -0.122. The second-order valence-electron chi connectivity index (χ2n) is 9.04. The molecule has 4 aromatic rings. The third kappa shape index (κ3) is 5.61. The first-order chi connectivity index (χ1) is 17.2. The number of rotatable bonds is 6. The zero-order valence-corrected chi connectivity index (χ0v) is 19.9. The molecule has 1 amide bonds. The summed E-state index contributed by atoms with van der Waals surface area (Å²) >= 11 is 0. The molecule has 1 saturated heterocycles. The molecule has 6 nitrogen and oxygen atoms in total. The summed E-state index contributed by atoms with van der Waals surface area (Å²) in [6.07, 6.45) is 8.27. The second kappa shape index (κ2) is 10.6. The number of carbonyl (C=O) groups is 1. The fraction of sp³-hybridized carbons (Fsp3) is 0.241. The molecule has 3 heterocycles. The molecule has 2 N–H and O–H groups in total. The van der Waals surface area contributed by atoms with Crippen LogP contribution in [0, 0.1) is 6.92 Å². The van der Waals surface area contributed by atoms with Gasteiger partial charge < -0.3 is 10.6 Å². The normalized spacial score (nSPS) is 15.5. The van der Waals surface area contributed by atoms with Crippen molar-refractivity contribution in [2.75, 3.05) is 18.4 Å². The van der Waals surface area contributed by atoms with Gasteiger partial charge in [0.25, 0.3) is 5.91 Å². The summed E-state index contributed by atoms with van der Waals surface area (Å²) in [4.78, 5) is 26.3. The Labute approximate surface area is 205 Å². The minimum Gasteiger partial charge on any atom is -0.322 e. The molecular weight excluding hydrogens is 434 g/mol. The molecule has 1 unspecified atom stereocenters. The van der Waals surface area contributed by atoms with Crippen LogP contribution in [0.4, 0.5) is 5.69 Å². The van der Waals surface area contributed by atoms with E-state index in [1.807, 2.05) is 55.5 Å². The molecule has 0 saturated carbocycles. The summed E-state index contributed by atoms with van der Waals surface area (Å²) in [7, 11) is 0. The first kappa shape index (κ1) is 22.9. The Bertz CT molecular complexity index is 1300. The van der Waals surface area contributed by atoms with E-state index in [2.05, 4.69) is 32.7 Å². The van der Waals surface area contributed by atoms with Gasteiger partial charge in [-0.25, -0.2) is 9.97 Å². The van der Waals surface area contributed by atoms with Crippen molar-refractivity contribution in [1.29, 1.82) is 0 Å². The van der Waals surface area contributed by atoms with Gasteiger partial charge in [-0.05, 0) is 91.4 Å². The Morgan fingerprint density at radius 1 is 1.09 bits per heavy atom.